The molecule has 1 saturated heterocycles. The second-order valence-corrected chi connectivity index (χ2v) is 8.31. The summed E-state index contributed by atoms with van der Waals surface area (Å²) in [7, 11) is 0. The van der Waals surface area contributed by atoms with E-state index < -0.39 is 0 Å². The van der Waals surface area contributed by atoms with Crippen molar-refractivity contribution in [3.8, 4) is 11.5 Å². The van der Waals surface area contributed by atoms with Gasteiger partial charge in [0, 0.05) is 44.8 Å². The van der Waals surface area contributed by atoms with E-state index in [1.54, 1.807) is 4.90 Å². The molecule has 0 atom stereocenters. The number of benzene rings is 2. The molecule has 162 valence electrons. The minimum absolute atomic E-state index is 0.0211. The second-order valence-electron chi connectivity index (χ2n) is 8.31. The molecule has 0 radical (unpaired) electrons. The number of hydrogen-bond acceptors (Lipinski definition) is 5. The molecule has 3 aliphatic heterocycles. The number of amides is 2. The van der Waals surface area contributed by atoms with Gasteiger partial charge >= 0.3 is 0 Å². The quantitative estimate of drug-likeness (QED) is 0.759. The Kier molecular flexibility index (Phi) is 5.51. The molecule has 0 spiro atoms. The van der Waals surface area contributed by atoms with E-state index in [1.165, 1.54) is 5.56 Å². The maximum Gasteiger partial charge on any atom is 0.242 e. The van der Waals surface area contributed by atoms with Gasteiger partial charge in [0.2, 0.25) is 18.6 Å². The summed E-state index contributed by atoms with van der Waals surface area (Å²) >= 11 is 0. The summed E-state index contributed by atoms with van der Waals surface area (Å²) in [6.45, 7) is 4.19. The summed E-state index contributed by atoms with van der Waals surface area (Å²) < 4.78 is 10.8. The first kappa shape index (κ1) is 19.9. The molecular weight excluding hydrogens is 394 g/mol. The fourth-order valence-corrected chi connectivity index (χ4v) is 4.55. The van der Waals surface area contributed by atoms with Crippen molar-refractivity contribution in [1.82, 2.24) is 9.80 Å². The van der Waals surface area contributed by atoms with E-state index in [9.17, 15) is 9.59 Å². The van der Waals surface area contributed by atoms with Gasteiger partial charge in [-0.2, -0.15) is 0 Å². The minimum atomic E-state index is 0.0211. The number of carbonyl (C=O) groups excluding carboxylic acids is 2. The van der Waals surface area contributed by atoms with Crippen LogP contribution in [0.5, 0.6) is 11.5 Å². The first-order valence-electron chi connectivity index (χ1n) is 10.9. The Bertz CT molecular complexity index is 985. The van der Waals surface area contributed by atoms with Crippen molar-refractivity contribution in [1.29, 1.82) is 0 Å². The first-order valence-corrected chi connectivity index (χ1v) is 10.9. The normalized spacial score (nSPS) is 18.6. The predicted octanol–water partition coefficient (Wildman–Crippen LogP) is 2.43. The van der Waals surface area contributed by atoms with Crippen molar-refractivity contribution in [3.63, 3.8) is 0 Å². The molecule has 7 heteroatoms. The molecule has 0 bridgehead atoms. The van der Waals surface area contributed by atoms with Crippen LogP contribution in [0.3, 0.4) is 0 Å². The lowest BCUT2D eigenvalue weighted by Crippen LogP contribution is -2.51. The molecule has 31 heavy (non-hydrogen) atoms. The van der Waals surface area contributed by atoms with Gasteiger partial charge in [-0.05, 0) is 42.2 Å². The third-order valence-electron chi connectivity index (χ3n) is 6.28. The summed E-state index contributed by atoms with van der Waals surface area (Å²) in [4.78, 5) is 31.6. The van der Waals surface area contributed by atoms with E-state index in [2.05, 4.69) is 17.0 Å². The maximum absolute atomic E-state index is 13.0. The molecule has 0 aromatic heterocycles. The zero-order valence-electron chi connectivity index (χ0n) is 17.6. The lowest BCUT2D eigenvalue weighted by molar-refractivity contribution is -0.133. The fourth-order valence-electron chi connectivity index (χ4n) is 4.55. The molecule has 3 heterocycles. The molecule has 0 unspecified atom stereocenters. The molecule has 0 saturated carbocycles. The van der Waals surface area contributed by atoms with Crippen LogP contribution in [-0.2, 0) is 22.6 Å². The summed E-state index contributed by atoms with van der Waals surface area (Å²) in [6.07, 6.45) is 2.20. The van der Waals surface area contributed by atoms with E-state index in [4.69, 9.17) is 9.47 Å². The highest BCUT2D eigenvalue weighted by Gasteiger charge is 2.28. The summed E-state index contributed by atoms with van der Waals surface area (Å²) in [5, 5.41) is 0. The number of ether oxygens (including phenoxy) is 2. The van der Waals surface area contributed by atoms with Gasteiger partial charge in [-0.3, -0.25) is 14.5 Å². The Labute approximate surface area is 182 Å². The zero-order chi connectivity index (χ0) is 21.2. The number of fused-ring (bicyclic) bond motifs is 2. The van der Waals surface area contributed by atoms with Gasteiger partial charge in [0.15, 0.2) is 11.5 Å². The van der Waals surface area contributed by atoms with Crippen LogP contribution in [0, 0.1) is 0 Å². The number of rotatable bonds is 4. The van der Waals surface area contributed by atoms with Crippen LogP contribution in [-0.4, -0.2) is 61.1 Å². The maximum atomic E-state index is 13.0. The summed E-state index contributed by atoms with van der Waals surface area (Å²) in [5.41, 5.74) is 3.21. The van der Waals surface area contributed by atoms with E-state index in [1.807, 2.05) is 35.2 Å². The van der Waals surface area contributed by atoms with Crippen LogP contribution in [0.1, 0.15) is 24.0 Å². The van der Waals surface area contributed by atoms with Crippen molar-refractivity contribution in [2.24, 2.45) is 0 Å². The average molecular weight is 421 g/mol. The third kappa shape index (κ3) is 4.23. The first-order chi connectivity index (χ1) is 15.2. The van der Waals surface area contributed by atoms with Crippen LogP contribution in [0.4, 0.5) is 5.69 Å². The Balaban J connectivity index is 1.18. The molecule has 2 aromatic rings. The lowest BCUT2D eigenvalue weighted by Gasteiger charge is -2.36. The molecule has 7 nitrogen and oxygen atoms in total. The largest absolute Gasteiger partial charge is 0.454 e. The Morgan fingerprint density at radius 2 is 1.74 bits per heavy atom. The van der Waals surface area contributed by atoms with Crippen molar-refractivity contribution in [2.75, 3.05) is 44.4 Å². The van der Waals surface area contributed by atoms with Crippen LogP contribution >= 0.6 is 0 Å². The van der Waals surface area contributed by atoms with Gasteiger partial charge in [0.1, 0.15) is 6.54 Å². The van der Waals surface area contributed by atoms with Crippen molar-refractivity contribution in [3.05, 3.63) is 53.6 Å². The van der Waals surface area contributed by atoms with Gasteiger partial charge in [0.05, 0.1) is 0 Å². The highest BCUT2D eigenvalue weighted by Crippen LogP contribution is 2.33. The van der Waals surface area contributed by atoms with Crippen molar-refractivity contribution < 1.29 is 19.1 Å². The summed E-state index contributed by atoms with van der Waals surface area (Å²) in [5.74, 6) is 1.66. The third-order valence-corrected chi connectivity index (χ3v) is 6.28. The molecule has 5 rings (SSSR count). The monoisotopic (exact) mass is 421 g/mol. The van der Waals surface area contributed by atoms with E-state index in [-0.39, 0.29) is 25.2 Å². The molecule has 2 amide bonds. The van der Waals surface area contributed by atoms with Crippen molar-refractivity contribution in [2.45, 2.75) is 25.8 Å². The van der Waals surface area contributed by atoms with Crippen LogP contribution in [0.15, 0.2) is 42.5 Å². The van der Waals surface area contributed by atoms with Gasteiger partial charge in [0.25, 0.3) is 0 Å². The smallest absolute Gasteiger partial charge is 0.242 e. The van der Waals surface area contributed by atoms with E-state index in [0.717, 1.165) is 55.2 Å². The lowest BCUT2D eigenvalue weighted by atomic mass is 10.1. The van der Waals surface area contributed by atoms with Gasteiger partial charge in [-0.15, -0.1) is 0 Å². The molecule has 3 aliphatic rings. The van der Waals surface area contributed by atoms with Gasteiger partial charge < -0.3 is 19.3 Å². The van der Waals surface area contributed by atoms with E-state index >= 15 is 0 Å². The number of piperazine rings is 1. The molecular formula is C24H27N3O4. The minimum Gasteiger partial charge on any atom is -0.454 e. The molecule has 2 aromatic carbocycles. The number of para-hydroxylation sites is 1. The Morgan fingerprint density at radius 3 is 2.61 bits per heavy atom. The Hall–Kier alpha value is -3.06. The van der Waals surface area contributed by atoms with Gasteiger partial charge in [-0.1, -0.05) is 24.3 Å². The standard InChI is InChI=1S/C24H27N3O4/c28-23-7-3-5-19-4-1-2-6-20(19)27(23)16-24(29)26-12-10-25(11-13-26)15-18-8-9-21-22(14-18)31-17-30-21/h1-2,4,6,8-9,14H,3,5,7,10-13,15-17H2. The number of nitrogens with zero attached hydrogens (tertiary/aromatic N) is 3. The topological polar surface area (TPSA) is 62.3 Å². The second kappa shape index (κ2) is 8.59. The number of anilines is 1. The fraction of sp³-hybridized carbons (Fsp3) is 0.417. The van der Waals surface area contributed by atoms with Crippen LogP contribution in [0.25, 0.3) is 0 Å². The highest BCUT2D eigenvalue weighted by molar-refractivity contribution is 5.99. The average Bonchev–Trinajstić information content (AvgIpc) is 3.20. The van der Waals surface area contributed by atoms with Crippen LogP contribution < -0.4 is 14.4 Å². The number of carbonyl (C=O) groups is 2. The molecule has 0 aliphatic carbocycles. The zero-order valence-corrected chi connectivity index (χ0v) is 17.6. The van der Waals surface area contributed by atoms with E-state index in [0.29, 0.717) is 19.5 Å². The van der Waals surface area contributed by atoms with Crippen LogP contribution in [0.2, 0.25) is 0 Å². The molecule has 1 fully saturated rings. The Morgan fingerprint density at radius 1 is 0.935 bits per heavy atom. The van der Waals surface area contributed by atoms with Gasteiger partial charge in [-0.25, -0.2) is 0 Å². The SMILES string of the molecule is O=C(CN1C(=O)CCCc2ccccc21)N1CCN(Cc2ccc3c(c2)OCO3)CC1. The number of hydrogen-bond donors (Lipinski definition) is 0. The van der Waals surface area contributed by atoms with Crippen molar-refractivity contribution >= 4 is 17.5 Å². The predicted molar refractivity (Wildman–Crippen MR) is 116 cm³/mol. The highest BCUT2D eigenvalue weighted by atomic mass is 16.7. The molecule has 0 N–H and O–H groups in total. The number of aryl methyl sites for hydroxylation is 1. The summed E-state index contributed by atoms with van der Waals surface area (Å²) in [6, 6.07) is 14.0.